The molecule has 0 radical (unpaired) electrons. The van der Waals surface area contributed by atoms with E-state index in [1.165, 1.54) is 5.54 Å². The number of nitrogens with one attached hydrogen (secondary N) is 1. The van der Waals surface area contributed by atoms with E-state index < -0.39 is 0 Å². The van der Waals surface area contributed by atoms with E-state index >= 15 is 0 Å². The van der Waals surface area contributed by atoms with Crippen molar-refractivity contribution in [3.8, 4) is 0 Å². The topological polar surface area (TPSA) is 29.9 Å². The first-order chi connectivity index (χ1) is 6.13. The van der Waals surface area contributed by atoms with Gasteiger partial charge in [-0.1, -0.05) is 23.2 Å². The van der Waals surface area contributed by atoms with Gasteiger partial charge in [-0.15, -0.1) is 0 Å². The predicted molar refractivity (Wildman–Crippen MR) is 56.2 cm³/mol. The van der Waals surface area contributed by atoms with E-state index in [0.29, 0.717) is 11.6 Å². The van der Waals surface area contributed by atoms with Gasteiger partial charge in [0, 0.05) is 23.8 Å². The van der Waals surface area contributed by atoms with Gasteiger partial charge in [0.2, 0.25) is 0 Å². The molecule has 0 aliphatic carbocycles. The molecule has 1 aromatic rings. The first kappa shape index (κ1) is 10.4. The summed E-state index contributed by atoms with van der Waals surface area (Å²) >= 11 is 11.1. The van der Waals surface area contributed by atoms with Gasteiger partial charge in [-0.3, -0.25) is 4.68 Å². The van der Waals surface area contributed by atoms with Gasteiger partial charge >= 0.3 is 0 Å². The summed E-state index contributed by atoms with van der Waals surface area (Å²) in [5.74, 6) is 0. The van der Waals surface area contributed by atoms with Crippen LogP contribution in [0.4, 0.5) is 5.69 Å². The number of rotatable bonds is 3. The fourth-order valence-corrected chi connectivity index (χ4v) is 1.14. The van der Waals surface area contributed by atoms with Gasteiger partial charge in [0.05, 0.1) is 17.9 Å². The highest BCUT2D eigenvalue weighted by Crippen LogP contribution is 2.13. The van der Waals surface area contributed by atoms with Gasteiger partial charge < -0.3 is 5.32 Å². The van der Waals surface area contributed by atoms with Crippen LogP contribution in [0.2, 0.25) is 0 Å². The second-order valence-corrected chi connectivity index (χ2v) is 3.42. The zero-order valence-electron chi connectivity index (χ0n) is 7.51. The maximum Gasteiger partial charge on any atom is 0.0825 e. The lowest BCUT2D eigenvalue weighted by Crippen LogP contribution is -2.01. The molecule has 0 atom stereocenters. The maximum atomic E-state index is 5.71. The van der Waals surface area contributed by atoms with Crippen LogP contribution in [0.3, 0.4) is 0 Å². The van der Waals surface area contributed by atoms with Crippen LogP contribution in [0.15, 0.2) is 16.8 Å². The van der Waals surface area contributed by atoms with Gasteiger partial charge in [-0.2, -0.15) is 5.10 Å². The standard InChI is InChI=1S/C8H11Cl2N3/c1-6-8(5-13(2)12-6)11-4-7(10)3-9/h3,5,11H,4H2,1-2H3/b7-3-. The summed E-state index contributed by atoms with van der Waals surface area (Å²) in [6, 6.07) is 0. The van der Waals surface area contributed by atoms with Crippen LogP contribution in [0.1, 0.15) is 5.69 Å². The average Bonchev–Trinajstić information content (AvgIpc) is 2.41. The molecule has 0 bridgehead atoms. The highest BCUT2D eigenvalue weighted by molar-refractivity contribution is 6.36. The number of nitrogens with zero attached hydrogens (tertiary/aromatic N) is 2. The number of aryl methyl sites for hydroxylation is 2. The minimum atomic E-state index is 0.525. The summed E-state index contributed by atoms with van der Waals surface area (Å²) in [5, 5.41) is 7.86. The van der Waals surface area contributed by atoms with Crippen LogP contribution in [-0.4, -0.2) is 16.3 Å². The second kappa shape index (κ2) is 4.53. The van der Waals surface area contributed by atoms with Crippen molar-refractivity contribution in [2.45, 2.75) is 6.92 Å². The van der Waals surface area contributed by atoms with Gasteiger partial charge in [0.25, 0.3) is 0 Å². The van der Waals surface area contributed by atoms with E-state index in [-0.39, 0.29) is 0 Å². The summed E-state index contributed by atoms with van der Waals surface area (Å²) in [6.07, 6.45) is 1.90. The van der Waals surface area contributed by atoms with Crippen LogP contribution in [-0.2, 0) is 7.05 Å². The Morgan fingerprint density at radius 1 is 1.77 bits per heavy atom. The van der Waals surface area contributed by atoms with Gasteiger partial charge in [0.15, 0.2) is 0 Å². The fraction of sp³-hybridized carbons (Fsp3) is 0.375. The highest BCUT2D eigenvalue weighted by Gasteiger charge is 2.01. The zero-order chi connectivity index (χ0) is 9.84. The predicted octanol–water partition coefficient (Wildman–Crippen LogP) is 2.46. The third kappa shape index (κ3) is 2.94. The molecule has 5 heteroatoms. The van der Waals surface area contributed by atoms with Crippen LogP contribution in [0.5, 0.6) is 0 Å². The molecule has 3 nitrogen and oxygen atoms in total. The van der Waals surface area contributed by atoms with E-state index in [0.717, 1.165) is 11.4 Å². The van der Waals surface area contributed by atoms with Crippen molar-refractivity contribution in [3.63, 3.8) is 0 Å². The number of anilines is 1. The lowest BCUT2D eigenvalue weighted by atomic mass is 10.4. The van der Waals surface area contributed by atoms with Crippen LogP contribution in [0, 0.1) is 6.92 Å². The molecule has 0 aliphatic rings. The highest BCUT2D eigenvalue weighted by atomic mass is 35.5. The van der Waals surface area contributed by atoms with Crippen molar-refractivity contribution in [1.82, 2.24) is 9.78 Å². The molecule has 0 saturated heterocycles. The number of hydrogen-bond donors (Lipinski definition) is 1. The quantitative estimate of drug-likeness (QED) is 0.847. The summed E-state index contributed by atoms with van der Waals surface area (Å²) in [6.45, 7) is 2.46. The summed E-state index contributed by atoms with van der Waals surface area (Å²) in [4.78, 5) is 0. The molecule has 0 aliphatic heterocycles. The van der Waals surface area contributed by atoms with Gasteiger partial charge in [0.1, 0.15) is 0 Å². The maximum absolute atomic E-state index is 5.71. The normalized spacial score (nSPS) is 11.8. The Hall–Kier alpha value is -0.670. The summed E-state index contributed by atoms with van der Waals surface area (Å²) in [7, 11) is 1.87. The van der Waals surface area contributed by atoms with Crippen molar-refractivity contribution in [2.24, 2.45) is 7.05 Å². The van der Waals surface area contributed by atoms with E-state index in [1.807, 2.05) is 20.2 Å². The van der Waals surface area contributed by atoms with Crippen molar-refractivity contribution in [3.05, 3.63) is 22.5 Å². The molecule has 1 aromatic heterocycles. The van der Waals surface area contributed by atoms with Crippen LogP contribution in [0.25, 0.3) is 0 Å². The fourth-order valence-electron chi connectivity index (χ4n) is 0.991. The molecule has 13 heavy (non-hydrogen) atoms. The molecule has 1 N–H and O–H groups in total. The molecule has 0 saturated carbocycles. The van der Waals surface area contributed by atoms with Gasteiger partial charge in [-0.25, -0.2) is 0 Å². The summed E-state index contributed by atoms with van der Waals surface area (Å²) in [5.41, 5.74) is 3.26. The minimum Gasteiger partial charge on any atom is -0.377 e. The Bertz CT molecular complexity index is 317. The summed E-state index contributed by atoms with van der Waals surface area (Å²) < 4.78 is 1.75. The Morgan fingerprint density at radius 3 is 2.92 bits per heavy atom. The van der Waals surface area contributed by atoms with Gasteiger partial charge in [-0.05, 0) is 6.92 Å². The van der Waals surface area contributed by atoms with E-state index in [2.05, 4.69) is 10.4 Å². The molecule has 0 amide bonds. The van der Waals surface area contributed by atoms with E-state index in [4.69, 9.17) is 23.2 Å². The Kier molecular flexibility index (Phi) is 3.63. The molecule has 1 rings (SSSR count). The zero-order valence-corrected chi connectivity index (χ0v) is 9.02. The third-order valence-electron chi connectivity index (χ3n) is 1.58. The molecule has 0 aromatic carbocycles. The largest absolute Gasteiger partial charge is 0.377 e. The van der Waals surface area contributed by atoms with Crippen molar-refractivity contribution in [2.75, 3.05) is 11.9 Å². The molecular weight excluding hydrogens is 209 g/mol. The van der Waals surface area contributed by atoms with Crippen molar-refractivity contribution in [1.29, 1.82) is 0 Å². The Labute approximate surface area is 87.3 Å². The van der Waals surface area contributed by atoms with E-state index in [9.17, 15) is 0 Å². The smallest absolute Gasteiger partial charge is 0.0825 e. The minimum absolute atomic E-state index is 0.525. The van der Waals surface area contributed by atoms with Crippen LogP contribution >= 0.6 is 23.2 Å². The molecule has 1 heterocycles. The molecule has 72 valence electrons. The van der Waals surface area contributed by atoms with E-state index in [1.54, 1.807) is 4.68 Å². The number of hydrogen-bond acceptors (Lipinski definition) is 2. The first-order valence-corrected chi connectivity index (χ1v) is 4.64. The number of aromatic nitrogens is 2. The lowest BCUT2D eigenvalue weighted by molar-refractivity contribution is 0.756. The van der Waals surface area contributed by atoms with Crippen molar-refractivity contribution < 1.29 is 0 Å². The molecule has 0 unspecified atom stereocenters. The monoisotopic (exact) mass is 219 g/mol. The second-order valence-electron chi connectivity index (χ2n) is 2.71. The third-order valence-corrected chi connectivity index (χ3v) is 2.20. The molecule has 0 spiro atoms. The average molecular weight is 220 g/mol. The SMILES string of the molecule is Cc1nn(C)cc1NC/C(Cl)=C/Cl. The van der Waals surface area contributed by atoms with Crippen molar-refractivity contribution >= 4 is 28.9 Å². The Balaban J connectivity index is 2.59. The van der Waals surface area contributed by atoms with Crippen LogP contribution < -0.4 is 5.32 Å². The molecule has 0 fully saturated rings. The number of halogens is 2. The molecular formula is C8H11Cl2N3. The Morgan fingerprint density at radius 2 is 2.46 bits per heavy atom. The first-order valence-electron chi connectivity index (χ1n) is 3.82. The lowest BCUT2D eigenvalue weighted by Gasteiger charge is -2.01.